The molecule has 0 aliphatic heterocycles. The number of ether oxygens (including phenoxy) is 1. The number of rotatable bonds is 5. The van der Waals surface area contributed by atoms with Gasteiger partial charge in [0, 0.05) is 10.7 Å². The van der Waals surface area contributed by atoms with Gasteiger partial charge < -0.3 is 10.1 Å². The number of halogens is 3. The number of aryl methyl sites for hydroxylation is 1. The van der Waals surface area contributed by atoms with Crippen LogP contribution in [0, 0.1) is 33.2 Å². The zero-order chi connectivity index (χ0) is 20.0. The maximum absolute atomic E-state index is 12.4. The third-order valence-corrected chi connectivity index (χ3v) is 5.20. The molecule has 0 radical (unpaired) electrons. The number of nitriles is 2. The topological polar surface area (TPSA) is 85.9 Å². The summed E-state index contributed by atoms with van der Waals surface area (Å²) in [4.78, 5) is 12.4. The predicted octanol–water partition coefficient (Wildman–Crippen LogP) is 5.46. The van der Waals surface area contributed by atoms with Gasteiger partial charge in [0.1, 0.15) is 23.5 Å². The first-order valence-corrected chi connectivity index (χ1v) is 9.78. The molecule has 2 aromatic carbocycles. The van der Waals surface area contributed by atoms with Crippen molar-refractivity contribution in [2.75, 3.05) is 11.9 Å². The van der Waals surface area contributed by atoms with Crippen LogP contribution in [-0.4, -0.2) is 12.5 Å². The van der Waals surface area contributed by atoms with Crippen molar-refractivity contribution < 1.29 is 9.53 Å². The molecule has 2 aromatic rings. The van der Waals surface area contributed by atoms with Crippen LogP contribution in [0.4, 0.5) is 5.69 Å². The number of nitrogens with one attached hydrogen (secondary N) is 1. The van der Waals surface area contributed by atoms with Gasteiger partial charge in [0.25, 0.3) is 5.91 Å². The monoisotopic (exact) mass is 555 g/mol. The van der Waals surface area contributed by atoms with E-state index in [1.807, 2.05) is 19.1 Å². The van der Waals surface area contributed by atoms with Gasteiger partial charge in [-0.2, -0.15) is 10.5 Å². The van der Waals surface area contributed by atoms with Crippen LogP contribution in [0.1, 0.15) is 11.1 Å². The molecule has 5 nitrogen and oxygen atoms in total. The lowest BCUT2D eigenvalue weighted by atomic mass is 10.1. The minimum Gasteiger partial charge on any atom is -0.476 e. The Morgan fingerprint density at radius 3 is 2.70 bits per heavy atom. The molecule has 0 aliphatic carbocycles. The first-order valence-electron chi connectivity index (χ1n) is 7.53. The summed E-state index contributed by atoms with van der Waals surface area (Å²) in [5, 5.41) is 21.2. The summed E-state index contributed by atoms with van der Waals surface area (Å²) in [5.74, 6) is -0.0000798. The summed E-state index contributed by atoms with van der Waals surface area (Å²) < 4.78 is 6.72. The molecule has 0 atom stereocenters. The van der Waals surface area contributed by atoms with Crippen molar-refractivity contribution in [3.63, 3.8) is 0 Å². The highest BCUT2D eigenvalue weighted by atomic mass is 127. The van der Waals surface area contributed by atoms with Gasteiger partial charge in [0.15, 0.2) is 6.61 Å². The molecule has 8 heteroatoms. The molecular weight excluding hydrogens is 544 g/mol. The van der Waals surface area contributed by atoms with Gasteiger partial charge in [0.2, 0.25) is 0 Å². The predicted molar refractivity (Wildman–Crippen MR) is 116 cm³/mol. The third-order valence-electron chi connectivity index (χ3n) is 3.41. The summed E-state index contributed by atoms with van der Waals surface area (Å²) >= 11 is 11.5. The van der Waals surface area contributed by atoms with Gasteiger partial charge in [-0.3, -0.25) is 4.79 Å². The van der Waals surface area contributed by atoms with Crippen molar-refractivity contribution in [2.24, 2.45) is 0 Å². The van der Waals surface area contributed by atoms with Crippen molar-refractivity contribution in [1.29, 1.82) is 10.5 Å². The number of carbonyl (C=O) groups is 1. The van der Waals surface area contributed by atoms with E-state index < -0.39 is 5.91 Å². The maximum Gasteiger partial charge on any atom is 0.266 e. The first-order chi connectivity index (χ1) is 12.8. The molecule has 0 saturated heterocycles. The Morgan fingerprint density at radius 1 is 1.37 bits per heavy atom. The summed E-state index contributed by atoms with van der Waals surface area (Å²) in [6.45, 7) is 1.78. The molecule has 0 spiro atoms. The first kappa shape index (κ1) is 21.2. The van der Waals surface area contributed by atoms with E-state index >= 15 is 0 Å². The van der Waals surface area contributed by atoms with E-state index in [9.17, 15) is 10.1 Å². The Balaban J connectivity index is 2.27. The van der Waals surface area contributed by atoms with Crippen LogP contribution in [0.15, 0.2) is 40.4 Å². The normalized spacial score (nSPS) is 10.7. The highest BCUT2D eigenvalue weighted by Crippen LogP contribution is 2.32. The number of hydrogen-bond acceptors (Lipinski definition) is 4. The average Bonchev–Trinajstić information content (AvgIpc) is 2.62. The fourth-order valence-corrected chi connectivity index (χ4v) is 4.04. The number of nitrogens with zero attached hydrogens (tertiary/aromatic N) is 2. The lowest BCUT2D eigenvalue weighted by molar-refractivity contribution is -0.112. The number of anilines is 1. The fourth-order valence-electron chi connectivity index (χ4n) is 2.09. The van der Waals surface area contributed by atoms with Gasteiger partial charge in [-0.25, -0.2) is 0 Å². The quantitative estimate of drug-likeness (QED) is 0.301. The van der Waals surface area contributed by atoms with Crippen molar-refractivity contribution in [3.05, 3.63) is 60.1 Å². The lowest BCUT2D eigenvalue weighted by Gasteiger charge is -2.09. The number of carbonyl (C=O) groups excluding carboxylic acids is 1. The molecule has 0 bridgehead atoms. The van der Waals surface area contributed by atoms with E-state index in [4.69, 9.17) is 21.6 Å². The van der Waals surface area contributed by atoms with E-state index in [1.165, 1.54) is 6.08 Å². The Morgan fingerprint density at radius 2 is 2.11 bits per heavy atom. The third kappa shape index (κ3) is 5.70. The molecule has 27 heavy (non-hydrogen) atoms. The van der Waals surface area contributed by atoms with Gasteiger partial charge in [-0.05, 0) is 86.9 Å². The Hall–Kier alpha value is -2.07. The number of hydrogen-bond donors (Lipinski definition) is 1. The molecular formula is C19H12BrClIN3O2. The second-order valence-electron chi connectivity index (χ2n) is 5.35. The molecule has 0 unspecified atom stereocenters. The minimum absolute atomic E-state index is 0.0555. The van der Waals surface area contributed by atoms with Crippen LogP contribution in [0.2, 0.25) is 5.02 Å². The Bertz CT molecular complexity index is 986. The smallest absolute Gasteiger partial charge is 0.266 e. The molecule has 1 N–H and O–H groups in total. The largest absolute Gasteiger partial charge is 0.476 e. The van der Waals surface area contributed by atoms with E-state index in [1.54, 1.807) is 30.3 Å². The van der Waals surface area contributed by atoms with E-state index in [2.05, 4.69) is 43.8 Å². The lowest BCUT2D eigenvalue weighted by Crippen LogP contribution is -2.13. The summed E-state index contributed by atoms with van der Waals surface area (Å²) in [6, 6.07) is 12.4. The molecule has 2 rings (SSSR count). The Kier molecular flexibility index (Phi) is 7.66. The summed E-state index contributed by atoms with van der Waals surface area (Å²) in [5.41, 5.74) is 1.99. The van der Waals surface area contributed by atoms with E-state index in [0.717, 1.165) is 9.13 Å². The van der Waals surface area contributed by atoms with E-state index in [0.29, 0.717) is 26.5 Å². The van der Waals surface area contributed by atoms with Crippen LogP contribution in [0.3, 0.4) is 0 Å². The SMILES string of the molecule is Cc1ccc(NC(=O)/C(C#N)=C\c2cc(Br)c(OCC#N)c(I)c2)cc1Cl. The van der Waals surface area contributed by atoms with Gasteiger partial charge in [0.05, 0.1) is 8.04 Å². The number of benzene rings is 2. The van der Waals surface area contributed by atoms with Crippen molar-refractivity contribution >= 4 is 67.8 Å². The van der Waals surface area contributed by atoms with Crippen LogP contribution >= 0.6 is 50.1 Å². The van der Waals surface area contributed by atoms with Crippen LogP contribution in [0.25, 0.3) is 6.08 Å². The van der Waals surface area contributed by atoms with Gasteiger partial charge >= 0.3 is 0 Å². The van der Waals surface area contributed by atoms with Gasteiger partial charge in [-0.15, -0.1) is 0 Å². The van der Waals surface area contributed by atoms with Gasteiger partial charge in [-0.1, -0.05) is 17.7 Å². The highest BCUT2D eigenvalue weighted by Gasteiger charge is 2.13. The second kappa shape index (κ2) is 9.75. The minimum atomic E-state index is -0.534. The molecule has 0 aromatic heterocycles. The summed E-state index contributed by atoms with van der Waals surface area (Å²) in [6.07, 6.45) is 1.48. The van der Waals surface area contributed by atoms with E-state index in [-0.39, 0.29) is 12.2 Å². The van der Waals surface area contributed by atoms with Crippen LogP contribution in [0.5, 0.6) is 5.75 Å². The van der Waals surface area contributed by atoms with Crippen molar-refractivity contribution in [1.82, 2.24) is 0 Å². The fraction of sp³-hybridized carbons (Fsp3) is 0.105. The second-order valence-corrected chi connectivity index (χ2v) is 7.77. The zero-order valence-electron chi connectivity index (χ0n) is 14.0. The molecule has 0 heterocycles. The average molecular weight is 557 g/mol. The maximum atomic E-state index is 12.4. The number of amides is 1. The van der Waals surface area contributed by atoms with Crippen molar-refractivity contribution in [3.8, 4) is 17.9 Å². The van der Waals surface area contributed by atoms with Crippen LogP contribution < -0.4 is 10.1 Å². The van der Waals surface area contributed by atoms with Crippen LogP contribution in [-0.2, 0) is 4.79 Å². The summed E-state index contributed by atoms with van der Waals surface area (Å²) in [7, 11) is 0. The highest BCUT2D eigenvalue weighted by molar-refractivity contribution is 14.1. The molecule has 0 fully saturated rings. The van der Waals surface area contributed by atoms with Crippen molar-refractivity contribution in [2.45, 2.75) is 6.92 Å². The zero-order valence-corrected chi connectivity index (χ0v) is 18.5. The molecule has 0 saturated carbocycles. The molecule has 136 valence electrons. The molecule has 0 aliphatic rings. The molecule has 1 amide bonds. The standard InChI is InChI=1S/C19H12BrClIN3O2/c1-11-2-3-14(9-16(11)21)25-19(26)13(10-24)6-12-7-15(20)18(17(22)8-12)27-5-4-23/h2-3,6-9H,5H2,1H3,(H,25,26)/b13-6-. The Labute approximate surface area is 183 Å².